The Labute approximate surface area is 127 Å². The first-order chi connectivity index (χ1) is 10.3. The molecule has 1 aromatic rings. The maximum Gasteiger partial charge on any atom is 0.314 e. The molecule has 2 atom stereocenters. The van der Waals surface area contributed by atoms with E-state index in [0.29, 0.717) is 12.6 Å². The minimum atomic E-state index is -0.229. The van der Waals surface area contributed by atoms with Crippen LogP contribution in [0.5, 0.6) is 0 Å². The van der Waals surface area contributed by atoms with Gasteiger partial charge in [0.25, 0.3) is 0 Å². The number of methoxy groups -OCH3 is 1. The van der Waals surface area contributed by atoms with Crippen LogP contribution in [0.15, 0.2) is 30.3 Å². The monoisotopic (exact) mass is 290 g/mol. The molecule has 4 nitrogen and oxygen atoms in total. The molecule has 1 N–H and O–H groups in total. The van der Waals surface area contributed by atoms with Crippen molar-refractivity contribution in [2.75, 3.05) is 33.3 Å². The fraction of sp³-hybridized carbons (Fsp3) is 0.588. The van der Waals surface area contributed by atoms with Gasteiger partial charge in [0.15, 0.2) is 0 Å². The number of hydrogen-bond donors (Lipinski definition) is 1. The van der Waals surface area contributed by atoms with Crippen LogP contribution in [0, 0.1) is 0 Å². The Kier molecular flexibility index (Phi) is 6.21. The Bertz CT molecular complexity index is 436. The van der Waals surface area contributed by atoms with E-state index in [0.717, 1.165) is 18.7 Å². The molecule has 0 aliphatic carbocycles. The van der Waals surface area contributed by atoms with Crippen LogP contribution < -0.4 is 5.32 Å². The minimum absolute atomic E-state index is 0.174. The molecule has 0 spiro atoms. The van der Waals surface area contributed by atoms with Gasteiger partial charge in [0, 0.05) is 19.1 Å². The lowest BCUT2D eigenvalue weighted by molar-refractivity contribution is -0.142. The molecule has 2 unspecified atom stereocenters. The molecular formula is C17H26N2O2. The number of ether oxygens (including phenoxy) is 1. The molecule has 0 radical (unpaired) electrons. The third-order valence-corrected chi connectivity index (χ3v) is 4.32. The van der Waals surface area contributed by atoms with E-state index in [1.165, 1.54) is 26.5 Å². The molecule has 0 saturated carbocycles. The predicted molar refractivity (Wildman–Crippen MR) is 84.3 cm³/mol. The third-order valence-electron chi connectivity index (χ3n) is 4.32. The lowest BCUT2D eigenvalue weighted by Crippen LogP contribution is -2.40. The summed E-state index contributed by atoms with van der Waals surface area (Å²) in [6.07, 6.45) is 2.52. The summed E-state index contributed by atoms with van der Waals surface area (Å²) in [6, 6.07) is 10.4. The Morgan fingerprint density at radius 3 is 2.86 bits per heavy atom. The molecule has 1 aliphatic heterocycles. The molecule has 2 rings (SSSR count). The molecule has 0 amide bonds. The largest absolute Gasteiger partial charge is 0.469 e. The number of benzene rings is 1. The van der Waals surface area contributed by atoms with Crippen molar-refractivity contribution in [3.8, 4) is 0 Å². The van der Waals surface area contributed by atoms with Crippen molar-refractivity contribution in [1.29, 1.82) is 0 Å². The molecule has 1 aromatic carbocycles. The summed E-state index contributed by atoms with van der Waals surface area (Å²) in [5.41, 5.74) is 1.01. The van der Waals surface area contributed by atoms with E-state index in [9.17, 15) is 4.79 Å². The highest BCUT2D eigenvalue weighted by Gasteiger charge is 2.24. The van der Waals surface area contributed by atoms with Gasteiger partial charge in [-0.05, 0) is 31.5 Å². The van der Waals surface area contributed by atoms with E-state index in [1.807, 2.05) is 30.3 Å². The molecular weight excluding hydrogens is 264 g/mol. The third kappa shape index (κ3) is 4.29. The van der Waals surface area contributed by atoms with Crippen molar-refractivity contribution in [2.24, 2.45) is 0 Å². The Morgan fingerprint density at radius 2 is 2.19 bits per heavy atom. The van der Waals surface area contributed by atoms with Gasteiger partial charge in [0.05, 0.1) is 13.0 Å². The zero-order valence-corrected chi connectivity index (χ0v) is 13.0. The summed E-state index contributed by atoms with van der Waals surface area (Å²) in [5.74, 6) is -0.403. The van der Waals surface area contributed by atoms with E-state index in [4.69, 9.17) is 4.74 Å². The number of likely N-dealkylation sites (tertiary alicyclic amines) is 1. The molecule has 1 fully saturated rings. The highest BCUT2D eigenvalue weighted by atomic mass is 16.5. The summed E-state index contributed by atoms with van der Waals surface area (Å²) < 4.78 is 4.94. The van der Waals surface area contributed by atoms with Gasteiger partial charge in [-0.15, -0.1) is 0 Å². The second-order valence-corrected chi connectivity index (χ2v) is 5.57. The van der Waals surface area contributed by atoms with Crippen LogP contribution in [0.1, 0.15) is 31.2 Å². The standard InChI is InChI=1S/C17H26N2O2/c1-3-19-11-7-10-15(19)12-18-13-16(17(20)21-2)14-8-5-4-6-9-14/h4-6,8-9,15-16,18H,3,7,10-13H2,1-2H3. The molecule has 21 heavy (non-hydrogen) atoms. The molecule has 0 bridgehead atoms. The Hall–Kier alpha value is -1.39. The predicted octanol–water partition coefficient (Wildman–Crippen LogP) is 2.02. The average Bonchev–Trinajstić information content (AvgIpc) is 2.99. The number of hydrogen-bond acceptors (Lipinski definition) is 4. The van der Waals surface area contributed by atoms with Crippen molar-refractivity contribution in [3.63, 3.8) is 0 Å². The molecule has 1 saturated heterocycles. The quantitative estimate of drug-likeness (QED) is 0.780. The van der Waals surface area contributed by atoms with Crippen LogP contribution in [0.2, 0.25) is 0 Å². The van der Waals surface area contributed by atoms with Crippen molar-refractivity contribution in [1.82, 2.24) is 10.2 Å². The summed E-state index contributed by atoms with van der Waals surface area (Å²) in [5, 5.41) is 3.46. The zero-order chi connectivity index (χ0) is 15.1. The summed E-state index contributed by atoms with van der Waals surface area (Å²) >= 11 is 0. The number of nitrogens with one attached hydrogen (secondary N) is 1. The first-order valence-corrected chi connectivity index (χ1v) is 7.83. The van der Waals surface area contributed by atoms with Crippen LogP contribution in [0.4, 0.5) is 0 Å². The van der Waals surface area contributed by atoms with Gasteiger partial charge < -0.3 is 10.1 Å². The van der Waals surface area contributed by atoms with Crippen molar-refractivity contribution < 1.29 is 9.53 Å². The summed E-state index contributed by atoms with van der Waals surface area (Å²) in [4.78, 5) is 14.5. The topological polar surface area (TPSA) is 41.6 Å². The van der Waals surface area contributed by atoms with E-state index >= 15 is 0 Å². The molecule has 1 heterocycles. The van der Waals surface area contributed by atoms with Crippen molar-refractivity contribution >= 4 is 5.97 Å². The van der Waals surface area contributed by atoms with Gasteiger partial charge in [-0.2, -0.15) is 0 Å². The normalized spacial score (nSPS) is 20.4. The zero-order valence-electron chi connectivity index (χ0n) is 13.0. The van der Waals surface area contributed by atoms with Crippen LogP contribution >= 0.6 is 0 Å². The average molecular weight is 290 g/mol. The summed E-state index contributed by atoms with van der Waals surface area (Å²) in [6.45, 7) is 6.08. The van der Waals surface area contributed by atoms with Crippen LogP contribution in [-0.2, 0) is 9.53 Å². The van der Waals surface area contributed by atoms with E-state index < -0.39 is 0 Å². The van der Waals surface area contributed by atoms with Crippen LogP contribution in [-0.4, -0.2) is 50.2 Å². The van der Waals surface area contributed by atoms with E-state index in [2.05, 4.69) is 17.1 Å². The molecule has 1 aliphatic rings. The summed E-state index contributed by atoms with van der Waals surface area (Å²) in [7, 11) is 1.45. The Balaban J connectivity index is 1.89. The number of esters is 1. The second kappa shape index (κ2) is 8.15. The SMILES string of the molecule is CCN1CCCC1CNCC(C(=O)OC)c1ccccc1. The molecule has 4 heteroatoms. The number of likely N-dealkylation sites (N-methyl/N-ethyl adjacent to an activating group) is 1. The molecule has 116 valence electrons. The van der Waals surface area contributed by atoms with Gasteiger partial charge in [-0.1, -0.05) is 37.3 Å². The first-order valence-electron chi connectivity index (χ1n) is 7.83. The first kappa shape index (κ1) is 16.0. The maximum atomic E-state index is 12.0. The highest BCUT2D eigenvalue weighted by Crippen LogP contribution is 2.18. The lowest BCUT2D eigenvalue weighted by Gasteiger charge is -2.24. The van der Waals surface area contributed by atoms with E-state index in [1.54, 1.807) is 0 Å². The Morgan fingerprint density at radius 1 is 1.43 bits per heavy atom. The smallest absolute Gasteiger partial charge is 0.314 e. The minimum Gasteiger partial charge on any atom is -0.469 e. The van der Waals surface area contributed by atoms with Crippen LogP contribution in [0.25, 0.3) is 0 Å². The van der Waals surface area contributed by atoms with Crippen molar-refractivity contribution in [3.05, 3.63) is 35.9 Å². The van der Waals surface area contributed by atoms with Gasteiger partial charge in [0.2, 0.25) is 0 Å². The van der Waals surface area contributed by atoms with E-state index in [-0.39, 0.29) is 11.9 Å². The van der Waals surface area contributed by atoms with Crippen molar-refractivity contribution in [2.45, 2.75) is 31.7 Å². The van der Waals surface area contributed by atoms with Gasteiger partial charge in [-0.25, -0.2) is 0 Å². The fourth-order valence-corrected chi connectivity index (χ4v) is 3.10. The highest BCUT2D eigenvalue weighted by molar-refractivity contribution is 5.78. The van der Waals surface area contributed by atoms with Gasteiger partial charge in [-0.3, -0.25) is 9.69 Å². The number of carbonyl (C=O) groups excluding carboxylic acids is 1. The number of rotatable bonds is 7. The number of nitrogens with zero attached hydrogens (tertiary/aromatic N) is 1. The lowest BCUT2D eigenvalue weighted by atomic mass is 9.99. The number of carbonyl (C=O) groups is 1. The van der Waals surface area contributed by atoms with Gasteiger partial charge >= 0.3 is 5.97 Å². The maximum absolute atomic E-state index is 12.0. The fourth-order valence-electron chi connectivity index (χ4n) is 3.10. The second-order valence-electron chi connectivity index (χ2n) is 5.57. The molecule has 0 aromatic heterocycles. The van der Waals surface area contributed by atoms with Gasteiger partial charge in [0.1, 0.15) is 0 Å². The van der Waals surface area contributed by atoms with Crippen LogP contribution in [0.3, 0.4) is 0 Å².